The number of nitrogens with zero attached hydrogens (tertiary/aromatic N) is 2. The summed E-state index contributed by atoms with van der Waals surface area (Å²) < 4.78 is 0. The monoisotopic (exact) mass is 185 g/mol. The molecule has 0 aliphatic rings. The smallest absolute Gasteiger partial charge is 0.140 e. The van der Waals surface area contributed by atoms with Gasteiger partial charge < -0.3 is 10.8 Å². The fourth-order valence-electron chi connectivity index (χ4n) is 0.712. The normalized spacial score (nSPS) is 10.1. The van der Waals surface area contributed by atoms with Crippen molar-refractivity contribution in [1.82, 2.24) is 9.97 Å². The fraction of sp³-hybridized carbons (Fsp3) is 0.429. The first-order valence-corrected chi connectivity index (χ1v) is 4.74. The van der Waals surface area contributed by atoms with Gasteiger partial charge >= 0.3 is 0 Å². The molecule has 1 rings (SSSR count). The lowest BCUT2D eigenvalue weighted by molar-refractivity contribution is 0.322. The van der Waals surface area contributed by atoms with Crippen molar-refractivity contribution in [3.63, 3.8) is 0 Å². The van der Waals surface area contributed by atoms with Crippen molar-refractivity contribution in [1.29, 1.82) is 0 Å². The van der Waals surface area contributed by atoms with Gasteiger partial charge in [-0.25, -0.2) is 9.97 Å². The molecular formula is C7H11N3OS. The highest BCUT2D eigenvalue weighted by Crippen LogP contribution is 2.07. The van der Waals surface area contributed by atoms with E-state index in [1.165, 1.54) is 0 Å². The van der Waals surface area contributed by atoms with Gasteiger partial charge in [-0.3, -0.25) is 0 Å². The highest BCUT2D eigenvalue weighted by atomic mass is 32.2. The van der Waals surface area contributed by atoms with Gasteiger partial charge in [-0.2, -0.15) is 11.8 Å². The zero-order valence-corrected chi connectivity index (χ0v) is 7.42. The summed E-state index contributed by atoms with van der Waals surface area (Å²) in [6.07, 6.45) is 1.64. The lowest BCUT2D eigenvalue weighted by Gasteiger charge is -1.98. The Morgan fingerprint density at radius 1 is 1.58 bits per heavy atom. The van der Waals surface area contributed by atoms with Gasteiger partial charge in [0, 0.05) is 11.9 Å². The molecule has 66 valence electrons. The minimum absolute atomic E-state index is 0.187. The Hall–Kier alpha value is -0.810. The highest BCUT2D eigenvalue weighted by molar-refractivity contribution is 7.98. The molecule has 0 amide bonds. The van der Waals surface area contributed by atoms with E-state index in [0.717, 1.165) is 0 Å². The van der Waals surface area contributed by atoms with E-state index in [0.29, 0.717) is 23.1 Å². The number of thioether (sulfide) groups is 1. The highest BCUT2D eigenvalue weighted by Gasteiger charge is 1.96. The second-order valence-electron chi connectivity index (χ2n) is 2.17. The van der Waals surface area contributed by atoms with Gasteiger partial charge in [0.1, 0.15) is 11.6 Å². The van der Waals surface area contributed by atoms with Crippen LogP contribution in [0.3, 0.4) is 0 Å². The Kier molecular flexibility index (Phi) is 3.83. The average molecular weight is 185 g/mol. The summed E-state index contributed by atoms with van der Waals surface area (Å²) in [5.41, 5.74) is 5.45. The van der Waals surface area contributed by atoms with Gasteiger partial charge in [-0.15, -0.1) is 0 Å². The Morgan fingerprint density at radius 3 is 3.08 bits per heavy atom. The molecule has 0 fully saturated rings. The van der Waals surface area contributed by atoms with Crippen LogP contribution in [-0.4, -0.2) is 27.4 Å². The van der Waals surface area contributed by atoms with Crippen molar-refractivity contribution in [3.05, 3.63) is 18.1 Å². The van der Waals surface area contributed by atoms with Crippen molar-refractivity contribution < 1.29 is 5.11 Å². The molecule has 0 aliphatic heterocycles. The van der Waals surface area contributed by atoms with Crippen molar-refractivity contribution in [2.75, 3.05) is 18.1 Å². The second-order valence-corrected chi connectivity index (χ2v) is 3.28. The van der Waals surface area contributed by atoms with E-state index in [4.69, 9.17) is 10.8 Å². The molecule has 0 saturated carbocycles. The van der Waals surface area contributed by atoms with Crippen LogP contribution in [0.2, 0.25) is 0 Å². The van der Waals surface area contributed by atoms with E-state index in [-0.39, 0.29) is 6.61 Å². The van der Waals surface area contributed by atoms with Gasteiger partial charge in [-0.1, -0.05) is 0 Å². The van der Waals surface area contributed by atoms with Gasteiger partial charge in [0.15, 0.2) is 0 Å². The first kappa shape index (κ1) is 9.28. The molecule has 1 heterocycles. The first-order chi connectivity index (χ1) is 5.83. The third-order valence-electron chi connectivity index (χ3n) is 1.19. The predicted octanol–water partition coefficient (Wildman–Crippen LogP) is 0.284. The molecule has 0 atom stereocenters. The first-order valence-electron chi connectivity index (χ1n) is 3.59. The molecule has 1 aromatic rings. The SMILES string of the molecule is Nc1ccnc(CSCCO)n1. The van der Waals surface area contributed by atoms with E-state index < -0.39 is 0 Å². The summed E-state index contributed by atoms with van der Waals surface area (Å²) in [5, 5.41) is 8.51. The summed E-state index contributed by atoms with van der Waals surface area (Å²) in [6.45, 7) is 0.187. The quantitative estimate of drug-likeness (QED) is 0.659. The maximum atomic E-state index is 8.51. The number of aromatic nitrogens is 2. The van der Waals surface area contributed by atoms with E-state index >= 15 is 0 Å². The summed E-state index contributed by atoms with van der Waals surface area (Å²) >= 11 is 1.58. The summed E-state index contributed by atoms with van der Waals surface area (Å²) in [7, 11) is 0. The number of hydrogen-bond acceptors (Lipinski definition) is 5. The fourth-order valence-corrected chi connectivity index (χ4v) is 1.31. The van der Waals surface area contributed by atoms with Crippen molar-refractivity contribution in [2.45, 2.75) is 5.75 Å². The molecule has 0 spiro atoms. The molecule has 3 N–H and O–H groups in total. The van der Waals surface area contributed by atoms with Crippen LogP contribution in [0.25, 0.3) is 0 Å². The molecule has 4 nitrogen and oxygen atoms in total. The Morgan fingerprint density at radius 2 is 2.42 bits per heavy atom. The van der Waals surface area contributed by atoms with Gasteiger partial charge in [0.25, 0.3) is 0 Å². The molecule has 0 radical (unpaired) electrons. The zero-order valence-electron chi connectivity index (χ0n) is 6.60. The maximum absolute atomic E-state index is 8.51. The number of nitrogen functional groups attached to an aromatic ring is 1. The number of aliphatic hydroxyl groups excluding tert-OH is 1. The Labute approximate surface area is 75.2 Å². The number of anilines is 1. The summed E-state index contributed by atoms with van der Waals surface area (Å²) in [4.78, 5) is 8.03. The van der Waals surface area contributed by atoms with Crippen molar-refractivity contribution in [3.8, 4) is 0 Å². The largest absolute Gasteiger partial charge is 0.396 e. The van der Waals surface area contributed by atoms with E-state index in [2.05, 4.69) is 9.97 Å². The van der Waals surface area contributed by atoms with E-state index in [1.807, 2.05) is 0 Å². The molecule has 0 saturated heterocycles. The summed E-state index contributed by atoms with van der Waals surface area (Å²) in [6, 6.07) is 1.65. The maximum Gasteiger partial charge on any atom is 0.140 e. The van der Waals surface area contributed by atoms with Crippen LogP contribution in [0, 0.1) is 0 Å². The van der Waals surface area contributed by atoms with Crippen molar-refractivity contribution in [2.24, 2.45) is 0 Å². The van der Waals surface area contributed by atoms with Crippen LogP contribution in [0.5, 0.6) is 0 Å². The minimum Gasteiger partial charge on any atom is -0.396 e. The van der Waals surface area contributed by atoms with E-state index in [1.54, 1.807) is 24.0 Å². The van der Waals surface area contributed by atoms with E-state index in [9.17, 15) is 0 Å². The molecule has 0 aliphatic carbocycles. The standard InChI is InChI=1S/C7H11N3OS/c8-6-1-2-9-7(10-6)5-12-4-3-11/h1-2,11H,3-5H2,(H2,8,9,10). The van der Waals surface area contributed by atoms with Crippen LogP contribution in [0.4, 0.5) is 5.82 Å². The lowest BCUT2D eigenvalue weighted by atomic mass is 10.5. The van der Waals surface area contributed by atoms with Gasteiger partial charge in [-0.05, 0) is 6.07 Å². The average Bonchev–Trinajstić information content (AvgIpc) is 2.05. The van der Waals surface area contributed by atoms with Crippen LogP contribution < -0.4 is 5.73 Å². The molecule has 0 bridgehead atoms. The minimum atomic E-state index is 0.187. The van der Waals surface area contributed by atoms with Crippen molar-refractivity contribution >= 4 is 17.6 Å². The van der Waals surface area contributed by atoms with Gasteiger partial charge in [0.05, 0.1) is 12.4 Å². The Balaban J connectivity index is 2.41. The Bertz CT molecular complexity index is 244. The molecular weight excluding hydrogens is 174 g/mol. The number of aliphatic hydroxyl groups is 1. The second kappa shape index (κ2) is 4.95. The third kappa shape index (κ3) is 3.06. The molecule has 1 aromatic heterocycles. The zero-order chi connectivity index (χ0) is 8.81. The topological polar surface area (TPSA) is 72.0 Å². The summed E-state index contributed by atoms with van der Waals surface area (Å²) in [5.74, 6) is 2.61. The lowest BCUT2D eigenvalue weighted by Crippen LogP contribution is -1.97. The molecule has 0 unspecified atom stereocenters. The molecule has 5 heteroatoms. The van der Waals surface area contributed by atoms with Crippen LogP contribution >= 0.6 is 11.8 Å². The number of hydrogen-bond donors (Lipinski definition) is 2. The number of nitrogens with two attached hydrogens (primary N) is 1. The number of rotatable bonds is 4. The molecule has 0 aromatic carbocycles. The molecule has 12 heavy (non-hydrogen) atoms. The van der Waals surface area contributed by atoms with Crippen LogP contribution in [-0.2, 0) is 5.75 Å². The predicted molar refractivity (Wildman–Crippen MR) is 49.7 cm³/mol. The third-order valence-corrected chi connectivity index (χ3v) is 2.13. The van der Waals surface area contributed by atoms with Crippen LogP contribution in [0.1, 0.15) is 5.82 Å². The van der Waals surface area contributed by atoms with Gasteiger partial charge in [0.2, 0.25) is 0 Å². The van der Waals surface area contributed by atoms with Crippen LogP contribution in [0.15, 0.2) is 12.3 Å².